The van der Waals surface area contributed by atoms with Crippen LogP contribution in [0.2, 0.25) is 0 Å². The zero-order chi connectivity index (χ0) is 32.6. The number of hydrogen-bond donors (Lipinski definition) is 1. The maximum absolute atomic E-state index is 14.6. The van der Waals surface area contributed by atoms with Gasteiger partial charge in [-0.3, -0.25) is 9.59 Å². The number of aliphatic hydroxyl groups is 1. The van der Waals surface area contributed by atoms with Crippen LogP contribution in [0.1, 0.15) is 99.5 Å². The smallest absolute Gasteiger partial charge is 0.310 e. The van der Waals surface area contributed by atoms with E-state index in [0.29, 0.717) is 38.1 Å². The zero-order valence-electron chi connectivity index (χ0n) is 28.9. The molecule has 11 atom stereocenters. The lowest BCUT2D eigenvalue weighted by atomic mass is 9.34. The molecule has 1 heterocycles. The fourth-order valence-electron chi connectivity index (χ4n) is 11.7. The van der Waals surface area contributed by atoms with E-state index < -0.39 is 17.6 Å². The normalized spacial score (nSPS) is 44.5. The lowest BCUT2D eigenvalue weighted by Gasteiger charge is -2.71. The summed E-state index contributed by atoms with van der Waals surface area (Å²) in [7, 11) is 0. The molecule has 3 saturated carbocycles. The second kappa shape index (κ2) is 11.2. The van der Waals surface area contributed by atoms with Crippen LogP contribution in [0.4, 0.5) is 0 Å². The molecule has 4 fully saturated rings. The Balaban J connectivity index is 1.42. The quantitative estimate of drug-likeness (QED) is 0.262. The third kappa shape index (κ3) is 4.70. The molecule has 1 aliphatic heterocycles. The van der Waals surface area contributed by atoms with Crippen LogP contribution in [0.25, 0.3) is 0 Å². The van der Waals surface area contributed by atoms with Gasteiger partial charge in [0.1, 0.15) is 12.7 Å². The predicted octanol–water partition coefficient (Wildman–Crippen LogP) is 7.53. The number of carbonyl (C=O) groups excluding carboxylic acids is 2. The highest BCUT2D eigenvalue weighted by atomic mass is 16.6. The summed E-state index contributed by atoms with van der Waals surface area (Å²) in [6, 6.07) is 10.0. The molecule has 1 saturated heterocycles. The molecule has 0 unspecified atom stereocenters. The van der Waals surface area contributed by atoms with Crippen LogP contribution < -0.4 is 0 Å². The van der Waals surface area contributed by atoms with E-state index in [-0.39, 0.29) is 51.4 Å². The van der Waals surface area contributed by atoms with Gasteiger partial charge in [-0.15, -0.1) is 0 Å². The van der Waals surface area contributed by atoms with Crippen LogP contribution in [0.15, 0.2) is 42.0 Å². The molecule has 2 bridgehead atoms. The maximum Gasteiger partial charge on any atom is 0.310 e. The van der Waals surface area contributed by atoms with E-state index in [2.05, 4.69) is 54.5 Å². The molecule has 4 aliphatic carbocycles. The van der Waals surface area contributed by atoms with E-state index in [1.807, 2.05) is 30.3 Å². The average molecular weight is 621 g/mol. The number of aliphatic hydroxyl groups excluding tert-OH is 1. The number of carbonyl (C=O) groups is 2. The summed E-state index contributed by atoms with van der Waals surface area (Å²) in [5.41, 5.74) is 1.07. The Morgan fingerprint density at radius 2 is 1.71 bits per heavy atom. The molecule has 45 heavy (non-hydrogen) atoms. The van der Waals surface area contributed by atoms with E-state index in [9.17, 15) is 14.7 Å². The average Bonchev–Trinajstić information content (AvgIpc) is 2.99. The summed E-state index contributed by atoms with van der Waals surface area (Å²) in [5.74, 6) is 0.698. The fraction of sp³-hybridized carbons (Fsp3) is 0.744. The van der Waals surface area contributed by atoms with Crippen molar-refractivity contribution in [2.45, 2.75) is 113 Å². The van der Waals surface area contributed by atoms with Crippen molar-refractivity contribution in [1.82, 2.24) is 0 Å². The van der Waals surface area contributed by atoms with E-state index in [4.69, 9.17) is 14.2 Å². The molecular formula is C39H56O6. The summed E-state index contributed by atoms with van der Waals surface area (Å²) in [6.45, 7) is 19.1. The molecule has 6 nitrogen and oxygen atoms in total. The van der Waals surface area contributed by atoms with E-state index in [1.165, 1.54) is 12.5 Å². The molecular weight excluding hydrogens is 564 g/mol. The van der Waals surface area contributed by atoms with Gasteiger partial charge in [0.05, 0.1) is 25.2 Å². The highest BCUT2D eigenvalue weighted by molar-refractivity contribution is 5.75. The minimum atomic E-state index is -0.752. The first-order valence-corrected chi connectivity index (χ1v) is 17.5. The number of benzene rings is 1. The number of hydrogen-bond acceptors (Lipinski definition) is 6. The molecule has 1 N–H and O–H groups in total. The van der Waals surface area contributed by atoms with Crippen LogP contribution in [0.3, 0.4) is 0 Å². The van der Waals surface area contributed by atoms with Gasteiger partial charge in [-0.2, -0.15) is 0 Å². The second-order valence-electron chi connectivity index (χ2n) is 16.9. The number of allylic oxidation sites excluding steroid dienone is 1. The van der Waals surface area contributed by atoms with E-state index in [0.717, 1.165) is 37.7 Å². The Kier molecular flexibility index (Phi) is 8.16. The number of esters is 2. The Bertz CT molecular complexity index is 1340. The summed E-state index contributed by atoms with van der Waals surface area (Å²) in [6.07, 6.45) is 6.63. The maximum atomic E-state index is 14.6. The van der Waals surface area contributed by atoms with Crippen molar-refractivity contribution in [2.24, 2.45) is 56.7 Å². The van der Waals surface area contributed by atoms with Crippen molar-refractivity contribution < 1.29 is 28.9 Å². The highest BCUT2D eigenvalue weighted by Gasteiger charge is 2.71. The van der Waals surface area contributed by atoms with Gasteiger partial charge in [-0.1, -0.05) is 90.4 Å². The molecule has 0 amide bonds. The molecule has 248 valence electrons. The van der Waals surface area contributed by atoms with Gasteiger partial charge in [0.15, 0.2) is 0 Å². The van der Waals surface area contributed by atoms with Crippen molar-refractivity contribution >= 4 is 11.9 Å². The Hall–Kier alpha value is -2.18. The van der Waals surface area contributed by atoms with Gasteiger partial charge in [-0.05, 0) is 84.0 Å². The molecule has 0 radical (unpaired) electrons. The third-order valence-electron chi connectivity index (χ3n) is 14.6. The Labute approximate surface area is 270 Å². The zero-order valence-corrected chi connectivity index (χ0v) is 28.9. The molecule has 5 aliphatic rings. The third-order valence-corrected chi connectivity index (χ3v) is 14.6. The van der Waals surface area contributed by atoms with Gasteiger partial charge in [0.2, 0.25) is 0 Å². The minimum Gasteiger partial charge on any atom is -0.461 e. The Morgan fingerprint density at radius 3 is 2.38 bits per heavy atom. The first-order valence-electron chi connectivity index (χ1n) is 17.5. The van der Waals surface area contributed by atoms with Gasteiger partial charge in [0, 0.05) is 17.8 Å². The van der Waals surface area contributed by atoms with Crippen molar-refractivity contribution in [3.63, 3.8) is 0 Å². The van der Waals surface area contributed by atoms with Gasteiger partial charge in [-0.25, -0.2) is 0 Å². The standard InChI is InChI=1S/C39H56O6/c1-24(2)25(3)35(5)18-19-37(7)28-14-15-31-36(6)22-43-23-39(31,20-30(33(36)41)45-26(4)40)29(28)16-17-38(37,8)32(35)34(42)44-21-27-12-10-9-11-13-27/h9-13,16,24-25,28,30-33,41H,14-15,17-23H2,1-8H3/t25-,28+,30-,31+,32-,33+,35-,36+,37-,38+,39+/m1/s1. The summed E-state index contributed by atoms with van der Waals surface area (Å²) in [4.78, 5) is 26.7. The van der Waals surface area contributed by atoms with Crippen LogP contribution >= 0.6 is 0 Å². The summed E-state index contributed by atoms with van der Waals surface area (Å²) < 4.78 is 18.5. The topological polar surface area (TPSA) is 82.1 Å². The largest absolute Gasteiger partial charge is 0.461 e. The lowest BCUT2D eigenvalue weighted by Crippen LogP contribution is -2.70. The van der Waals surface area contributed by atoms with Crippen molar-refractivity contribution in [3.05, 3.63) is 47.5 Å². The molecule has 6 heteroatoms. The van der Waals surface area contributed by atoms with E-state index >= 15 is 0 Å². The summed E-state index contributed by atoms with van der Waals surface area (Å²) >= 11 is 0. The van der Waals surface area contributed by atoms with Gasteiger partial charge < -0.3 is 19.3 Å². The highest BCUT2D eigenvalue weighted by Crippen LogP contribution is 2.75. The number of rotatable bonds is 6. The molecule has 1 aromatic carbocycles. The molecule has 6 rings (SSSR count). The predicted molar refractivity (Wildman–Crippen MR) is 174 cm³/mol. The van der Waals surface area contributed by atoms with Crippen molar-refractivity contribution in [1.29, 1.82) is 0 Å². The van der Waals surface area contributed by atoms with E-state index in [1.54, 1.807) is 0 Å². The van der Waals surface area contributed by atoms with Gasteiger partial charge in [0.25, 0.3) is 0 Å². The molecule has 0 aromatic heterocycles. The van der Waals surface area contributed by atoms with Crippen LogP contribution in [0, 0.1) is 56.7 Å². The fourth-order valence-corrected chi connectivity index (χ4v) is 11.7. The van der Waals surface area contributed by atoms with Gasteiger partial charge >= 0.3 is 11.9 Å². The monoisotopic (exact) mass is 620 g/mol. The van der Waals surface area contributed by atoms with Crippen molar-refractivity contribution in [2.75, 3.05) is 13.2 Å². The summed E-state index contributed by atoms with van der Waals surface area (Å²) in [5, 5.41) is 11.6. The second-order valence-corrected chi connectivity index (χ2v) is 16.9. The van der Waals surface area contributed by atoms with Crippen LogP contribution in [-0.4, -0.2) is 42.5 Å². The number of fused-ring (bicyclic) bond motifs is 3. The number of ether oxygens (including phenoxy) is 3. The molecule has 0 spiro atoms. The van der Waals surface area contributed by atoms with Crippen molar-refractivity contribution in [3.8, 4) is 0 Å². The van der Waals surface area contributed by atoms with Crippen LogP contribution in [-0.2, 0) is 30.4 Å². The van der Waals surface area contributed by atoms with Crippen LogP contribution in [0.5, 0.6) is 0 Å². The first-order chi connectivity index (χ1) is 21.1. The minimum absolute atomic E-state index is 0.0599. The lowest BCUT2D eigenvalue weighted by molar-refractivity contribution is -0.257. The molecule has 1 aromatic rings. The first kappa shape index (κ1) is 32.7. The SMILES string of the molecule is CC(=O)O[C@@H]1C[C@@]23COC[C@@](C)([C@@H]2CC[C@H]2C3=CC[C@@]3(C)[C@H](C(=O)OCc4ccccc4)[C@@](C)([C@H](C)C(C)C)CC[C@]23C)[C@H]1O. The Morgan fingerprint density at radius 1 is 1.00 bits per heavy atom.